The molecule has 0 bridgehead atoms. The largest absolute Gasteiger partial charge is 0.372 e. The van der Waals surface area contributed by atoms with Crippen molar-refractivity contribution in [2.75, 3.05) is 6.61 Å². The number of ether oxygens (including phenoxy) is 1. The minimum atomic E-state index is -0.0455. The van der Waals surface area contributed by atoms with Gasteiger partial charge < -0.3 is 10.5 Å². The summed E-state index contributed by atoms with van der Waals surface area (Å²) < 4.78 is 5.88. The minimum Gasteiger partial charge on any atom is -0.372 e. The molecule has 17 heavy (non-hydrogen) atoms. The summed E-state index contributed by atoms with van der Waals surface area (Å²) in [6, 6.07) is 3.92. The number of hydrogen-bond donors (Lipinski definition) is 1. The van der Waals surface area contributed by atoms with Crippen LogP contribution in [0.2, 0.25) is 0 Å². The van der Waals surface area contributed by atoms with E-state index in [0.29, 0.717) is 0 Å². The Balaban J connectivity index is 2.45. The lowest BCUT2D eigenvalue weighted by molar-refractivity contribution is 0.0346. The summed E-state index contributed by atoms with van der Waals surface area (Å²) in [5.74, 6) is 0.728. The maximum atomic E-state index is 5.96. The molecule has 2 N–H and O–H groups in total. The maximum Gasteiger partial charge on any atom is 0.0987 e. The van der Waals surface area contributed by atoms with Crippen LogP contribution in [0.1, 0.15) is 45.3 Å². The van der Waals surface area contributed by atoms with Crippen molar-refractivity contribution in [2.24, 2.45) is 11.7 Å². The number of aromatic nitrogens is 1. The first kappa shape index (κ1) is 14.1. The van der Waals surface area contributed by atoms with Crippen LogP contribution in [0.5, 0.6) is 0 Å². The lowest BCUT2D eigenvalue weighted by Gasteiger charge is -2.21. The number of hydrogen-bond acceptors (Lipinski definition) is 3. The molecule has 0 radical (unpaired) electrons. The van der Waals surface area contributed by atoms with E-state index >= 15 is 0 Å². The van der Waals surface area contributed by atoms with Gasteiger partial charge in [-0.25, -0.2) is 0 Å². The molecule has 2 atom stereocenters. The summed E-state index contributed by atoms with van der Waals surface area (Å²) in [6.45, 7) is 7.19. The molecule has 0 spiro atoms. The zero-order chi connectivity index (χ0) is 12.7. The Labute approximate surface area is 104 Å². The van der Waals surface area contributed by atoms with Crippen molar-refractivity contribution in [1.29, 1.82) is 0 Å². The van der Waals surface area contributed by atoms with Crippen molar-refractivity contribution in [2.45, 2.75) is 45.8 Å². The van der Waals surface area contributed by atoms with Gasteiger partial charge in [0.15, 0.2) is 0 Å². The SMILES string of the molecule is CC(C)CCCOC(c1cccnc1)C(C)N. The highest BCUT2D eigenvalue weighted by Gasteiger charge is 2.16. The molecule has 0 aliphatic rings. The van der Waals surface area contributed by atoms with E-state index in [0.717, 1.165) is 24.5 Å². The van der Waals surface area contributed by atoms with Crippen LogP contribution in [0.4, 0.5) is 0 Å². The topological polar surface area (TPSA) is 48.1 Å². The third kappa shape index (κ3) is 5.29. The highest BCUT2D eigenvalue weighted by Crippen LogP contribution is 2.20. The number of nitrogens with two attached hydrogens (primary N) is 1. The molecular formula is C14H24N2O. The lowest BCUT2D eigenvalue weighted by atomic mass is 10.1. The Morgan fingerprint density at radius 3 is 2.65 bits per heavy atom. The molecule has 1 aromatic rings. The van der Waals surface area contributed by atoms with E-state index in [9.17, 15) is 0 Å². The van der Waals surface area contributed by atoms with Gasteiger partial charge >= 0.3 is 0 Å². The van der Waals surface area contributed by atoms with Crippen LogP contribution in [-0.4, -0.2) is 17.6 Å². The molecule has 2 unspecified atom stereocenters. The summed E-state index contributed by atoms with van der Waals surface area (Å²) in [6.07, 6.45) is 5.83. The van der Waals surface area contributed by atoms with Gasteiger partial charge in [-0.1, -0.05) is 19.9 Å². The molecule has 3 nitrogen and oxygen atoms in total. The average Bonchev–Trinajstić information content (AvgIpc) is 2.29. The third-order valence-electron chi connectivity index (χ3n) is 2.71. The first-order chi connectivity index (χ1) is 8.11. The lowest BCUT2D eigenvalue weighted by Crippen LogP contribution is -2.27. The van der Waals surface area contributed by atoms with Gasteiger partial charge in [0.2, 0.25) is 0 Å². The fraction of sp³-hybridized carbons (Fsp3) is 0.643. The highest BCUT2D eigenvalue weighted by atomic mass is 16.5. The van der Waals surface area contributed by atoms with E-state index in [-0.39, 0.29) is 12.1 Å². The van der Waals surface area contributed by atoms with Crippen molar-refractivity contribution >= 4 is 0 Å². The molecule has 96 valence electrons. The van der Waals surface area contributed by atoms with Crippen LogP contribution in [0.15, 0.2) is 24.5 Å². The van der Waals surface area contributed by atoms with Gasteiger partial charge in [0.1, 0.15) is 0 Å². The van der Waals surface area contributed by atoms with Crippen LogP contribution in [0, 0.1) is 5.92 Å². The molecule has 0 aliphatic heterocycles. The van der Waals surface area contributed by atoms with Crippen LogP contribution in [0.3, 0.4) is 0 Å². The van der Waals surface area contributed by atoms with Crippen molar-refractivity contribution in [1.82, 2.24) is 4.98 Å². The van der Waals surface area contributed by atoms with E-state index in [4.69, 9.17) is 10.5 Å². The molecule has 0 fully saturated rings. The van der Waals surface area contributed by atoms with Crippen molar-refractivity contribution in [3.8, 4) is 0 Å². The number of nitrogens with zero attached hydrogens (tertiary/aromatic N) is 1. The minimum absolute atomic E-state index is 0.0155. The second-order valence-electron chi connectivity index (χ2n) is 4.97. The first-order valence-electron chi connectivity index (χ1n) is 6.38. The monoisotopic (exact) mass is 236 g/mol. The van der Waals surface area contributed by atoms with Gasteiger partial charge in [-0.15, -0.1) is 0 Å². The van der Waals surface area contributed by atoms with E-state index in [2.05, 4.69) is 18.8 Å². The maximum absolute atomic E-state index is 5.96. The molecule has 1 rings (SSSR count). The molecule has 3 heteroatoms. The van der Waals surface area contributed by atoms with Crippen LogP contribution in [0.25, 0.3) is 0 Å². The van der Waals surface area contributed by atoms with Gasteiger partial charge in [0.25, 0.3) is 0 Å². The van der Waals surface area contributed by atoms with Crippen molar-refractivity contribution < 1.29 is 4.74 Å². The Hall–Kier alpha value is -0.930. The van der Waals surface area contributed by atoms with Crippen molar-refractivity contribution in [3.05, 3.63) is 30.1 Å². The van der Waals surface area contributed by atoms with E-state index in [1.165, 1.54) is 6.42 Å². The standard InChI is InChI=1S/C14H24N2O/c1-11(2)6-5-9-17-14(12(3)15)13-7-4-8-16-10-13/h4,7-8,10-12,14H,5-6,9,15H2,1-3H3. The smallest absolute Gasteiger partial charge is 0.0987 e. The number of pyridine rings is 1. The summed E-state index contributed by atoms with van der Waals surface area (Å²) in [4.78, 5) is 4.11. The quantitative estimate of drug-likeness (QED) is 0.740. The van der Waals surface area contributed by atoms with Gasteiger partial charge in [-0.05, 0) is 31.7 Å². The Bertz CT molecular complexity index is 298. The number of rotatable bonds is 7. The summed E-state index contributed by atoms with van der Waals surface area (Å²) in [7, 11) is 0. The average molecular weight is 236 g/mol. The fourth-order valence-electron chi connectivity index (χ4n) is 1.80. The second-order valence-corrected chi connectivity index (χ2v) is 4.97. The van der Waals surface area contributed by atoms with Crippen LogP contribution in [-0.2, 0) is 4.74 Å². The van der Waals surface area contributed by atoms with Crippen molar-refractivity contribution in [3.63, 3.8) is 0 Å². The predicted octanol–water partition coefficient (Wildman–Crippen LogP) is 2.92. The first-order valence-corrected chi connectivity index (χ1v) is 6.38. The Morgan fingerprint density at radius 2 is 2.12 bits per heavy atom. The molecule has 1 heterocycles. The third-order valence-corrected chi connectivity index (χ3v) is 2.71. The second kappa shape index (κ2) is 7.41. The van der Waals surface area contributed by atoms with Gasteiger partial charge in [-0.2, -0.15) is 0 Å². The summed E-state index contributed by atoms with van der Waals surface area (Å²) >= 11 is 0. The Morgan fingerprint density at radius 1 is 1.35 bits per heavy atom. The molecule has 0 aliphatic carbocycles. The zero-order valence-electron chi connectivity index (χ0n) is 11.1. The fourth-order valence-corrected chi connectivity index (χ4v) is 1.80. The zero-order valence-corrected chi connectivity index (χ0v) is 11.1. The van der Waals surface area contributed by atoms with Gasteiger partial charge in [-0.3, -0.25) is 4.98 Å². The van der Waals surface area contributed by atoms with Gasteiger partial charge in [0, 0.05) is 30.6 Å². The molecule has 0 saturated heterocycles. The Kier molecular flexibility index (Phi) is 6.16. The van der Waals surface area contributed by atoms with Crippen LogP contribution < -0.4 is 5.73 Å². The molecular weight excluding hydrogens is 212 g/mol. The normalized spacial score (nSPS) is 14.9. The molecule has 1 aromatic heterocycles. The van der Waals surface area contributed by atoms with E-state index in [1.54, 1.807) is 6.20 Å². The highest BCUT2D eigenvalue weighted by molar-refractivity contribution is 5.13. The molecule has 0 saturated carbocycles. The predicted molar refractivity (Wildman–Crippen MR) is 70.7 cm³/mol. The van der Waals surface area contributed by atoms with E-state index in [1.807, 2.05) is 25.3 Å². The van der Waals surface area contributed by atoms with E-state index < -0.39 is 0 Å². The molecule has 0 amide bonds. The van der Waals surface area contributed by atoms with Gasteiger partial charge in [0.05, 0.1) is 6.10 Å². The summed E-state index contributed by atoms with van der Waals surface area (Å²) in [5, 5.41) is 0. The molecule has 0 aromatic carbocycles. The van der Waals surface area contributed by atoms with Crippen LogP contribution >= 0.6 is 0 Å². The summed E-state index contributed by atoms with van der Waals surface area (Å²) in [5.41, 5.74) is 7.02.